The zero-order valence-electron chi connectivity index (χ0n) is 26.2. The van der Waals surface area contributed by atoms with Gasteiger partial charge in [-0.1, -0.05) is 22.9 Å². The lowest BCUT2D eigenvalue weighted by molar-refractivity contribution is -0.123. The molecule has 4 N–H and O–H groups in total. The van der Waals surface area contributed by atoms with E-state index in [1.165, 1.54) is 29.2 Å². The van der Waals surface area contributed by atoms with Gasteiger partial charge in [0.05, 0.1) is 34.6 Å². The monoisotopic (exact) mass is 752 g/mol. The van der Waals surface area contributed by atoms with Crippen molar-refractivity contribution in [2.24, 2.45) is 34.7 Å². The van der Waals surface area contributed by atoms with E-state index in [0.717, 1.165) is 21.2 Å². The molecule has 0 radical (unpaired) electrons. The molecule has 1 aromatic heterocycles. The Morgan fingerprint density at radius 2 is 1.72 bits per heavy atom. The Balaban J connectivity index is 1.10. The van der Waals surface area contributed by atoms with Crippen LogP contribution in [0.15, 0.2) is 81.4 Å². The highest BCUT2D eigenvalue weighted by molar-refractivity contribution is 8.00. The van der Waals surface area contributed by atoms with E-state index in [0.29, 0.717) is 39.9 Å². The normalized spacial score (nSPS) is 26.4. The molecular formula is C34H29ClN4O8S3. The molecule has 2 aliphatic carbocycles. The van der Waals surface area contributed by atoms with Gasteiger partial charge in [0.15, 0.2) is 6.61 Å². The zero-order chi connectivity index (χ0) is 35.1. The van der Waals surface area contributed by atoms with Crippen molar-refractivity contribution in [1.29, 1.82) is 0 Å². The van der Waals surface area contributed by atoms with E-state index in [-0.39, 0.29) is 51.2 Å². The molecule has 3 fully saturated rings. The number of imide groups is 1. The Morgan fingerprint density at radius 1 is 1.02 bits per heavy atom. The number of carbonyl (C=O) groups excluding carboxylic acids is 3. The zero-order valence-corrected chi connectivity index (χ0v) is 29.4. The molecule has 8 rings (SSSR count). The fourth-order valence-electron chi connectivity index (χ4n) is 8.31. The number of amides is 3. The van der Waals surface area contributed by atoms with E-state index in [1.807, 2.05) is 0 Å². The first-order chi connectivity index (χ1) is 23.9. The number of halogens is 1. The number of carbonyl (C=O) groups is 3. The van der Waals surface area contributed by atoms with Crippen molar-refractivity contribution in [3.05, 3.63) is 91.9 Å². The van der Waals surface area contributed by atoms with Crippen molar-refractivity contribution in [1.82, 2.24) is 4.98 Å². The molecule has 4 aliphatic rings. The molecule has 4 aromatic rings. The van der Waals surface area contributed by atoms with Crippen LogP contribution in [0.3, 0.4) is 0 Å². The molecule has 12 nitrogen and oxygen atoms in total. The highest BCUT2D eigenvalue weighted by atomic mass is 35.5. The predicted molar refractivity (Wildman–Crippen MR) is 187 cm³/mol. The second kappa shape index (κ2) is 12.3. The summed E-state index contributed by atoms with van der Waals surface area (Å²) in [6.07, 6.45) is 0.699. The minimum atomic E-state index is -3.88. The van der Waals surface area contributed by atoms with Crippen LogP contribution in [-0.4, -0.2) is 50.1 Å². The summed E-state index contributed by atoms with van der Waals surface area (Å²) >= 11 is 9.25. The summed E-state index contributed by atoms with van der Waals surface area (Å²) < 4.78 is 34.5. The number of thiazole rings is 1. The standard InChI is InChI=1S/C34H29ClN4O8S3/c1-46-18-7-5-17(6-8-18)39-32(41)27-21-13-22(28(27)33(39)42)29-26(21)25(30-31(48-29)38-34(43)49-30)20-12-15(35)2-11-23(20)47-14-24(40)37-16-3-9-19(10-4-16)50(36,44)45/h2-12,21-22,25-29H,13-14H2,1H3,(H,37,40)(H,38,43)(H2,36,44,45)/t21-,22-,25-,26?,27?,28?,29?/m1/s1. The molecule has 7 atom stereocenters. The number of aromatic amines is 1. The van der Waals surface area contributed by atoms with Crippen LogP contribution < -0.4 is 29.7 Å². The number of hydrogen-bond donors (Lipinski definition) is 3. The second-order valence-electron chi connectivity index (χ2n) is 12.8. The number of thioether (sulfide) groups is 1. The first-order valence-electron chi connectivity index (χ1n) is 15.7. The molecule has 3 amide bonds. The lowest BCUT2D eigenvalue weighted by Gasteiger charge is -2.43. The Labute approximate surface area is 299 Å². The minimum Gasteiger partial charge on any atom is -0.497 e. The number of anilines is 2. The fraction of sp³-hybridized carbons (Fsp3) is 0.294. The molecule has 16 heteroatoms. The Kier molecular flexibility index (Phi) is 8.10. The van der Waals surface area contributed by atoms with Crippen LogP contribution in [0.1, 0.15) is 22.8 Å². The van der Waals surface area contributed by atoms with E-state index < -0.39 is 33.7 Å². The fourth-order valence-corrected chi connectivity index (χ4v) is 11.9. The number of hydrogen-bond acceptors (Lipinski definition) is 10. The van der Waals surface area contributed by atoms with Crippen LogP contribution in [0.2, 0.25) is 5.02 Å². The van der Waals surface area contributed by atoms with Gasteiger partial charge in [0.25, 0.3) is 5.91 Å². The summed E-state index contributed by atoms with van der Waals surface area (Å²) in [4.78, 5) is 58.6. The Morgan fingerprint density at radius 3 is 2.40 bits per heavy atom. The number of aromatic nitrogens is 1. The summed E-state index contributed by atoms with van der Waals surface area (Å²) in [7, 11) is -2.33. The van der Waals surface area contributed by atoms with Gasteiger partial charge >= 0.3 is 4.87 Å². The number of sulfonamides is 1. The van der Waals surface area contributed by atoms with Gasteiger partial charge in [-0.05, 0) is 90.9 Å². The number of benzene rings is 3. The van der Waals surface area contributed by atoms with Crippen LogP contribution in [0, 0.1) is 29.6 Å². The van der Waals surface area contributed by atoms with E-state index in [4.69, 9.17) is 26.2 Å². The van der Waals surface area contributed by atoms with Gasteiger partial charge in [-0.3, -0.25) is 24.1 Å². The third kappa shape index (κ3) is 5.42. The highest BCUT2D eigenvalue weighted by Gasteiger charge is 2.70. The summed E-state index contributed by atoms with van der Waals surface area (Å²) in [6.45, 7) is -0.377. The minimum absolute atomic E-state index is 0.0630. The lowest BCUT2D eigenvalue weighted by Crippen LogP contribution is -2.42. The average molecular weight is 753 g/mol. The maximum absolute atomic E-state index is 14.1. The number of nitrogens with two attached hydrogens (primary N) is 1. The summed E-state index contributed by atoms with van der Waals surface area (Å²) in [5, 5.41) is 8.95. The van der Waals surface area contributed by atoms with Crippen molar-refractivity contribution in [3.63, 3.8) is 0 Å². The molecule has 3 heterocycles. The van der Waals surface area contributed by atoms with Crippen molar-refractivity contribution >= 4 is 73.8 Å². The first kappa shape index (κ1) is 33.0. The third-order valence-electron chi connectivity index (χ3n) is 10.2. The van der Waals surface area contributed by atoms with Crippen LogP contribution >= 0.6 is 34.7 Å². The molecule has 258 valence electrons. The largest absolute Gasteiger partial charge is 0.497 e. The van der Waals surface area contributed by atoms with Crippen molar-refractivity contribution < 1.29 is 32.3 Å². The molecule has 2 saturated carbocycles. The number of fused-ring (bicyclic) bond motifs is 9. The first-order valence-corrected chi connectivity index (χ1v) is 19.3. The van der Waals surface area contributed by atoms with E-state index >= 15 is 0 Å². The van der Waals surface area contributed by atoms with Crippen LogP contribution in [-0.2, 0) is 24.4 Å². The van der Waals surface area contributed by atoms with E-state index in [2.05, 4.69) is 10.3 Å². The van der Waals surface area contributed by atoms with Crippen LogP contribution in [0.25, 0.3) is 0 Å². The Bertz CT molecular complexity index is 2220. The second-order valence-corrected chi connectivity index (χ2v) is 17.0. The van der Waals surface area contributed by atoms with Crippen molar-refractivity contribution in [2.75, 3.05) is 23.9 Å². The SMILES string of the molecule is COc1ccc(N2C(=O)C3C(C2=O)[C@@H]2C[C@H]3C3Sc4[nH]c(=O)sc4[C@H](c4cc(Cl)ccc4OCC(=O)Nc4ccc(S(N)(=O)=O)cc4)C32)cc1. The topological polar surface area (TPSA) is 178 Å². The number of rotatable bonds is 8. The number of nitrogens with zero attached hydrogens (tertiary/aromatic N) is 1. The maximum Gasteiger partial charge on any atom is 0.305 e. The van der Waals surface area contributed by atoms with Gasteiger partial charge in [0.1, 0.15) is 11.5 Å². The van der Waals surface area contributed by atoms with Crippen molar-refractivity contribution in [2.45, 2.75) is 27.5 Å². The van der Waals surface area contributed by atoms with Gasteiger partial charge in [-0.15, -0.1) is 11.8 Å². The number of nitrogens with one attached hydrogen (secondary N) is 2. The number of H-pyrrole nitrogens is 1. The van der Waals surface area contributed by atoms with Gasteiger partial charge in [0.2, 0.25) is 21.8 Å². The summed E-state index contributed by atoms with van der Waals surface area (Å²) in [5.74, 6) is -1.61. The molecule has 0 spiro atoms. The molecule has 3 aromatic carbocycles. The maximum atomic E-state index is 14.1. The van der Waals surface area contributed by atoms with Gasteiger partial charge in [-0.25, -0.2) is 13.6 Å². The molecule has 2 bridgehead atoms. The van der Waals surface area contributed by atoms with Gasteiger partial charge in [-0.2, -0.15) is 0 Å². The average Bonchev–Trinajstić information content (AvgIpc) is 3.82. The molecular weight excluding hydrogens is 724 g/mol. The Hall–Kier alpha value is -4.15. The number of ether oxygens (including phenoxy) is 2. The molecule has 1 saturated heterocycles. The highest BCUT2D eigenvalue weighted by Crippen LogP contribution is 2.69. The summed E-state index contributed by atoms with van der Waals surface area (Å²) in [5.41, 5.74) is 1.55. The quantitative estimate of drug-likeness (QED) is 0.220. The van der Waals surface area contributed by atoms with Gasteiger partial charge < -0.3 is 19.8 Å². The van der Waals surface area contributed by atoms with Gasteiger partial charge in [0, 0.05) is 32.3 Å². The number of methoxy groups -OCH3 is 1. The summed E-state index contributed by atoms with van der Waals surface area (Å²) in [6, 6.07) is 17.4. The smallest absolute Gasteiger partial charge is 0.305 e. The molecule has 4 unspecified atom stereocenters. The molecule has 50 heavy (non-hydrogen) atoms. The third-order valence-corrected chi connectivity index (χ3v) is 13.9. The van der Waals surface area contributed by atoms with Crippen LogP contribution in [0.4, 0.5) is 11.4 Å². The van der Waals surface area contributed by atoms with E-state index in [9.17, 15) is 27.6 Å². The number of primary sulfonamides is 1. The van der Waals surface area contributed by atoms with E-state index in [1.54, 1.807) is 61.3 Å². The predicted octanol–water partition coefficient (Wildman–Crippen LogP) is 4.44. The van der Waals surface area contributed by atoms with Crippen LogP contribution in [0.5, 0.6) is 11.5 Å². The lowest BCUT2D eigenvalue weighted by atomic mass is 9.68. The molecule has 2 aliphatic heterocycles. The van der Waals surface area contributed by atoms with Crippen molar-refractivity contribution in [3.8, 4) is 11.5 Å².